The number of hydrogen-bond donors (Lipinski definition) is 0. The van der Waals surface area contributed by atoms with Crippen molar-refractivity contribution in [2.24, 2.45) is 0 Å². The van der Waals surface area contributed by atoms with Gasteiger partial charge in [-0.1, -0.05) is 13.3 Å². The Morgan fingerprint density at radius 2 is 2.22 bits per heavy atom. The van der Waals surface area contributed by atoms with E-state index in [2.05, 4.69) is 17.9 Å². The fraction of sp³-hybridized carbons (Fsp3) is 0.533. The van der Waals surface area contributed by atoms with E-state index in [9.17, 15) is 4.39 Å². The Bertz CT molecular complexity index is 446. The normalized spacial score (nSPS) is 14.8. The van der Waals surface area contributed by atoms with E-state index in [0.29, 0.717) is 18.2 Å². The van der Waals surface area contributed by atoms with Crippen LogP contribution < -0.4 is 0 Å². The van der Waals surface area contributed by atoms with Crippen LogP contribution in [0.1, 0.15) is 43.7 Å². The van der Waals surface area contributed by atoms with Crippen molar-refractivity contribution < 1.29 is 4.39 Å². The minimum Gasteiger partial charge on any atom is -0.296 e. The van der Waals surface area contributed by atoms with E-state index in [1.165, 1.54) is 25.0 Å². The van der Waals surface area contributed by atoms with Crippen LogP contribution in [0.15, 0.2) is 18.2 Å². The summed E-state index contributed by atoms with van der Waals surface area (Å²) in [5.41, 5.74) is 1.42. The quantitative estimate of drug-likeness (QED) is 0.768. The van der Waals surface area contributed by atoms with Gasteiger partial charge in [0.1, 0.15) is 5.82 Å². The molecule has 3 heteroatoms. The number of nitrogens with zero attached hydrogens (tertiary/aromatic N) is 2. The van der Waals surface area contributed by atoms with Crippen LogP contribution in [0.2, 0.25) is 0 Å². The van der Waals surface area contributed by atoms with Crippen LogP contribution in [0, 0.1) is 17.1 Å². The molecule has 0 aliphatic heterocycles. The summed E-state index contributed by atoms with van der Waals surface area (Å²) in [6.45, 7) is 3.92. The SMILES string of the molecule is CCCCN(Cc1cc(F)ccc1C#N)C1CC1. The molecule has 96 valence electrons. The molecular weight excluding hydrogens is 227 g/mol. The lowest BCUT2D eigenvalue weighted by Crippen LogP contribution is -2.27. The van der Waals surface area contributed by atoms with E-state index in [-0.39, 0.29) is 5.82 Å². The molecule has 0 aromatic heterocycles. The maximum absolute atomic E-state index is 13.3. The Labute approximate surface area is 108 Å². The highest BCUT2D eigenvalue weighted by Gasteiger charge is 2.28. The van der Waals surface area contributed by atoms with Gasteiger partial charge in [0.2, 0.25) is 0 Å². The number of nitriles is 1. The Balaban J connectivity index is 2.10. The topological polar surface area (TPSA) is 27.0 Å². The van der Waals surface area contributed by atoms with E-state index in [4.69, 9.17) is 5.26 Å². The molecule has 1 aromatic rings. The zero-order valence-electron chi connectivity index (χ0n) is 10.8. The Morgan fingerprint density at radius 1 is 1.44 bits per heavy atom. The minimum atomic E-state index is -0.254. The van der Waals surface area contributed by atoms with E-state index in [1.807, 2.05) is 0 Å². The van der Waals surface area contributed by atoms with Crippen molar-refractivity contribution in [2.45, 2.75) is 45.2 Å². The molecule has 0 bridgehead atoms. The van der Waals surface area contributed by atoms with Crippen LogP contribution in [0.5, 0.6) is 0 Å². The highest BCUT2D eigenvalue weighted by molar-refractivity contribution is 5.37. The minimum absolute atomic E-state index is 0.254. The Morgan fingerprint density at radius 3 is 2.83 bits per heavy atom. The van der Waals surface area contributed by atoms with Crippen LogP contribution in [-0.2, 0) is 6.54 Å². The molecule has 0 unspecified atom stereocenters. The van der Waals surface area contributed by atoms with Gasteiger partial charge in [0.05, 0.1) is 11.6 Å². The van der Waals surface area contributed by atoms with Crippen molar-refractivity contribution in [1.82, 2.24) is 4.90 Å². The highest BCUT2D eigenvalue weighted by Crippen LogP contribution is 2.29. The summed E-state index contributed by atoms with van der Waals surface area (Å²) in [7, 11) is 0. The molecule has 1 aliphatic rings. The van der Waals surface area contributed by atoms with Crippen molar-refractivity contribution in [3.8, 4) is 6.07 Å². The van der Waals surface area contributed by atoms with Gasteiger partial charge >= 0.3 is 0 Å². The van der Waals surface area contributed by atoms with Crippen molar-refractivity contribution in [3.63, 3.8) is 0 Å². The maximum Gasteiger partial charge on any atom is 0.123 e. The van der Waals surface area contributed by atoms with Gasteiger partial charge in [-0.3, -0.25) is 4.90 Å². The third kappa shape index (κ3) is 3.30. The van der Waals surface area contributed by atoms with E-state index >= 15 is 0 Å². The molecule has 1 fully saturated rings. The summed E-state index contributed by atoms with van der Waals surface area (Å²) in [5.74, 6) is -0.254. The zero-order chi connectivity index (χ0) is 13.0. The lowest BCUT2D eigenvalue weighted by molar-refractivity contribution is 0.250. The zero-order valence-corrected chi connectivity index (χ0v) is 10.8. The molecule has 0 N–H and O–H groups in total. The summed E-state index contributed by atoms with van der Waals surface area (Å²) in [5, 5.41) is 9.06. The molecule has 0 spiro atoms. The van der Waals surface area contributed by atoms with Gasteiger partial charge in [0.25, 0.3) is 0 Å². The summed E-state index contributed by atoms with van der Waals surface area (Å²) in [6, 6.07) is 7.23. The molecule has 2 nitrogen and oxygen atoms in total. The smallest absolute Gasteiger partial charge is 0.123 e. The first-order chi connectivity index (χ1) is 8.74. The highest BCUT2D eigenvalue weighted by atomic mass is 19.1. The lowest BCUT2D eigenvalue weighted by atomic mass is 10.1. The van der Waals surface area contributed by atoms with Gasteiger partial charge in [-0.25, -0.2) is 4.39 Å². The van der Waals surface area contributed by atoms with Crippen LogP contribution in [0.25, 0.3) is 0 Å². The van der Waals surface area contributed by atoms with Crippen LogP contribution in [-0.4, -0.2) is 17.5 Å². The molecule has 0 amide bonds. The van der Waals surface area contributed by atoms with Crippen LogP contribution in [0.3, 0.4) is 0 Å². The molecule has 0 radical (unpaired) electrons. The summed E-state index contributed by atoms with van der Waals surface area (Å²) in [6.07, 6.45) is 4.80. The number of rotatable bonds is 6. The van der Waals surface area contributed by atoms with Gasteiger partial charge < -0.3 is 0 Å². The third-order valence-electron chi connectivity index (χ3n) is 3.42. The lowest BCUT2D eigenvalue weighted by Gasteiger charge is -2.22. The van der Waals surface area contributed by atoms with Crippen LogP contribution in [0.4, 0.5) is 4.39 Å². The first-order valence-corrected chi connectivity index (χ1v) is 6.67. The van der Waals surface area contributed by atoms with Gasteiger partial charge in [0, 0.05) is 12.6 Å². The first-order valence-electron chi connectivity index (χ1n) is 6.67. The molecule has 1 saturated carbocycles. The summed E-state index contributed by atoms with van der Waals surface area (Å²) < 4.78 is 13.3. The van der Waals surface area contributed by atoms with E-state index < -0.39 is 0 Å². The average molecular weight is 246 g/mol. The summed E-state index contributed by atoms with van der Waals surface area (Å²) >= 11 is 0. The van der Waals surface area contributed by atoms with Gasteiger partial charge in [-0.05, 0) is 49.6 Å². The number of benzene rings is 1. The molecule has 0 atom stereocenters. The first kappa shape index (κ1) is 13.0. The molecule has 1 aliphatic carbocycles. The third-order valence-corrected chi connectivity index (χ3v) is 3.42. The van der Waals surface area contributed by atoms with E-state index in [0.717, 1.165) is 24.9 Å². The molecular formula is C15H19FN2. The van der Waals surface area contributed by atoms with Gasteiger partial charge in [0.15, 0.2) is 0 Å². The molecule has 0 saturated heterocycles. The number of hydrogen-bond acceptors (Lipinski definition) is 2. The summed E-state index contributed by atoms with van der Waals surface area (Å²) in [4.78, 5) is 2.39. The standard InChI is InChI=1S/C15H19FN2/c1-2-3-8-18(15-6-7-15)11-13-9-14(16)5-4-12(13)10-17/h4-5,9,15H,2-3,6-8,11H2,1H3. The van der Waals surface area contributed by atoms with Gasteiger partial charge in [-0.2, -0.15) is 5.26 Å². The number of unbranched alkanes of at least 4 members (excludes halogenated alkanes) is 1. The van der Waals surface area contributed by atoms with Crippen molar-refractivity contribution in [2.75, 3.05) is 6.54 Å². The fourth-order valence-corrected chi connectivity index (χ4v) is 2.21. The molecule has 1 aromatic carbocycles. The Hall–Kier alpha value is -1.40. The van der Waals surface area contributed by atoms with Crippen molar-refractivity contribution in [3.05, 3.63) is 35.1 Å². The monoisotopic (exact) mass is 246 g/mol. The average Bonchev–Trinajstić information content (AvgIpc) is 3.19. The molecule has 18 heavy (non-hydrogen) atoms. The second-order valence-corrected chi connectivity index (χ2v) is 4.97. The second kappa shape index (κ2) is 5.97. The van der Waals surface area contributed by atoms with Crippen molar-refractivity contribution >= 4 is 0 Å². The Kier molecular flexibility index (Phi) is 4.33. The molecule has 0 heterocycles. The van der Waals surface area contributed by atoms with E-state index in [1.54, 1.807) is 6.07 Å². The predicted octanol–water partition coefficient (Wildman–Crippen LogP) is 3.46. The predicted molar refractivity (Wildman–Crippen MR) is 69.5 cm³/mol. The van der Waals surface area contributed by atoms with Gasteiger partial charge in [-0.15, -0.1) is 0 Å². The fourth-order valence-electron chi connectivity index (χ4n) is 2.21. The maximum atomic E-state index is 13.3. The number of halogens is 1. The second-order valence-electron chi connectivity index (χ2n) is 4.97. The van der Waals surface area contributed by atoms with Crippen LogP contribution >= 0.6 is 0 Å². The van der Waals surface area contributed by atoms with Crippen molar-refractivity contribution in [1.29, 1.82) is 5.26 Å². The molecule has 2 rings (SSSR count). The largest absolute Gasteiger partial charge is 0.296 e.